The van der Waals surface area contributed by atoms with Gasteiger partial charge in [-0.05, 0) is 18.6 Å². The van der Waals surface area contributed by atoms with E-state index >= 15 is 0 Å². The van der Waals surface area contributed by atoms with Crippen LogP contribution in [0.5, 0.6) is 0 Å². The lowest BCUT2D eigenvalue weighted by molar-refractivity contribution is 0.0594. The van der Waals surface area contributed by atoms with Crippen LogP contribution in [0.4, 0.5) is 14.5 Å². The normalized spacial score (nSPS) is 12.1. The van der Waals surface area contributed by atoms with E-state index in [1.165, 1.54) is 12.1 Å². The maximum absolute atomic E-state index is 13.8. The first-order chi connectivity index (χ1) is 9.04. The highest BCUT2D eigenvalue weighted by molar-refractivity contribution is 5.90. The number of esters is 1. The van der Waals surface area contributed by atoms with Crippen LogP contribution in [0.15, 0.2) is 12.1 Å². The summed E-state index contributed by atoms with van der Waals surface area (Å²) in [6.07, 6.45) is 1.62. The average Bonchev–Trinajstić information content (AvgIpc) is 2.42. The lowest BCUT2D eigenvalue weighted by atomic mass is 10.1. The van der Waals surface area contributed by atoms with E-state index in [0.717, 1.165) is 20.0 Å². The summed E-state index contributed by atoms with van der Waals surface area (Å²) in [5.74, 6) is -3.23. The number of ether oxygens (including phenoxy) is 1. The third-order valence-electron chi connectivity index (χ3n) is 2.77. The van der Waals surface area contributed by atoms with Gasteiger partial charge >= 0.3 is 5.97 Å². The molecule has 0 saturated carbocycles. The highest BCUT2D eigenvalue weighted by Gasteiger charge is 2.20. The van der Waals surface area contributed by atoms with Crippen LogP contribution in [0.1, 0.15) is 30.1 Å². The fourth-order valence-electron chi connectivity index (χ4n) is 1.75. The predicted molar refractivity (Wildman–Crippen MR) is 69.1 cm³/mol. The number of carbonyl (C=O) groups is 1. The molecular weight excluding hydrogens is 254 g/mol. The Balaban J connectivity index is 2.99. The first kappa shape index (κ1) is 15.4. The molecule has 1 unspecified atom stereocenters. The first-order valence-corrected chi connectivity index (χ1v) is 6.08. The molecule has 0 radical (unpaired) electrons. The molecule has 1 aromatic carbocycles. The highest BCUT2D eigenvalue weighted by atomic mass is 19.2. The van der Waals surface area contributed by atoms with Crippen LogP contribution in [0.3, 0.4) is 0 Å². The maximum atomic E-state index is 13.8. The van der Waals surface area contributed by atoms with Crippen molar-refractivity contribution in [3.63, 3.8) is 0 Å². The number of rotatable bonds is 6. The third-order valence-corrected chi connectivity index (χ3v) is 2.77. The maximum Gasteiger partial charge on any atom is 0.340 e. The molecule has 0 saturated heterocycles. The Kier molecular flexibility index (Phi) is 5.69. The van der Waals surface area contributed by atoms with Gasteiger partial charge < -0.3 is 15.8 Å². The summed E-state index contributed by atoms with van der Waals surface area (Å²) in [4.78, 5) is 11.2. The molecule has 0 aliphatic heterocycles. The monoisotopic (exact) mass is 272 g/mol. The number of hydrogen-bond donors (Lipinski definition) is 2. The zero-order valence-corrected chi connectivity index (χ0v) is 11.0. The summed E-state index contributed by atoms with van der Waals surface area (Å²) < 4.78 is 31.9. The topological polar surface area (TPSA) is 64.3 Å². The van der Waals surface area contributed by atoms with Crippen molar-refractivity contribution in [1.82, 2.24) is 0 Å². The van der Waals surface area contributed by atoms with E-state index in [0.29, 0.717) is 6.54 Å². The second-order valence-corrected chi connectivity index (χ2v) is 4.15. The molecule has 0 fully saturated rings. The van der Waals surface area contributed by atoms with Gasteiger partial charge in [-0.3, -0.25) is 0 Å². The Morgan fingerprint density at radius 2 is 2.11 bits per heavy atom. The van der Waals surface area contributed by atoms with Gasteiger partial charge in [0.15, 0.2) is 11.6 Å². The molecular formula is C13H18F2N2O2. The smallest absolute Gasteiger partial charge is 0.340 e. The minimum Gasteiger partial charge on any atom is -0.465 e. The van der Waals surface area contributed by atoms with Gasteiger partial charge in [0.1, 0.15) is 0 Å². The fraction of sp³-hybridized carbons (Fsp3) is 0.462. The zero-order valence-electron chi connectivity index (χ0n) is 11.0. The minimum atomic E-state index is -1.22. The summed E-state index contributed by atoms with van der Waals surface area (Å²) in [6.45, 7) is 2.29. The van der Waals surface area contributed by atoms with Crippen LogP contribution < -0.4 is 11.1 Å². The van der Waals surface area contributed by atoms with E-state index in [2.05, 4.69) is 10.1 Å². The molecule has 4 nitrogen and oxygen atoms in total. The number of halogens is 2. The highest BCUT2D eigenvalue weighted by Crippen LogP contribution is 2.22. The van der Waals surface area contributed by atoms with Gasteiger partial charge in [-0.1, -0.05) is 13.3 Å². The standard InChI is InChI=1S/C13H18F2N2O2/c1-3-4-8(7-16)17-10-6-5-9(13(18)19-2)11(14)12(10)15/h5-6,8,17H,3-4,7,16H2,1-2H3. The predicted octanol–water partition coefficient (Wildman–Crippen LogP) is 2.29. The molecule has 0 aromatic heterocycles. The van der Waals surface area contributed by atoms with Gasteiger partial charge in [-0.25, -0.2) is 13.6 Å². The lowest BCUT2D eigenvalue weighted by Gasteiger charge is -2.18. The van der Waals surface area contributed by atoms with Crippen molar-refractivity contribution >= 4 is 11.7 Å². The van der Waals surface area contributed by atoms with Gasteiger partial charge in [0.05, 0.1) is 18.4 Å². The minimum absolute atomic E-state index is 0.00551. The van der Waals surface area contributed by atoms with E-state index in [4.69, 9.17) is 5.73 Å². The van der Waals surface area contributed by atoms with Crippen molar-refractivity contribution in [1.29, 1.82) is 0 Å². The molecule has 1 aromatic rings. The molecule has 0 aliphatic rings. The van der Waals surface area contributed by atoms with Gasteiger partial charge in [0, 0.05) is 12.6 Å². The summed E-state index contributed by atoms with van der Waals surface area (Å²) in [5.41, 5.74) is 5.11. The van der Waals surface area contributed by atoms with E-state index < -0.39 is 23.2 Å². The van der Waals surface area contributed by atoms with Crippen LogP contribution in [-0.2, 0) is 4.74 Å². The lowest BCUT2D eigenvalue weighted by Crippen LogP contribution is -2.29. The van der Waals surface area contributed by atoms with Crippen molar-refractivity contribution < 1.29 is 18.3 Å². The van der Waals surface area contributed by atoms with E-state index in [1.807, 2.05) is 6.92 Å². The van der Waals surface area contributed by atoms with E-state index in [1.54, 1.807) is 0 Å². The molecule has 106 valence electrons. The molecule has 1 atom stereocenters. The molecule has 0 amide bonds. The van der Waals surface area contributed by atoms with Crippen LogP contribution in [0.2, 0.25) is 0 Å². The van der Waals surface area contributed by atoms with Crippen LogP contribution in [-0.4, -0.2) is 25.7 Å². The molecule has 0 heterocycles. The van der Waals surface area contributed by atoms with Crippen LogP contribution >= 0.6 is 0 Å². The number of anilines is 1. The van der Waals surface area contributed by atoms with Crippen LogP contribution in [0, 0.1) is 11.6 Å². The van der Waals surface area contributed by atoms with Gasteiger partial charge in [0.25, 0.3) is 0 Å². The summed E-state index contributed by atoms with van der Waals surface area (Å²) in [6, 6.07) is 2.36. The van der Waals surface area contributed by atoms with E-state index in [-0.39, 0.29) is 11.7 Å². The fourth-order valence-corrected chi connectivity index (χ4v) is 1.75. The van der Waals surface area contributed by atoms with Gasteiger partial charge in [0.2, 0.25) is 0 Å². The van der Waals surface area contributed by atoms with Crippen molar-refractivity contribution in [2.75, 3.05) is 19.0 Å². The summed E-state index contributed by atoms with van der Waals surface area (Å²) >= 11 is 0. The Morgan fingerprint density at radius 3 is 2.63 bits per heavy atom. The zero-order chi connectivity index (χ0) is 14.4. The Bertz CT molecular complexity index is 453. The van der Waals surface area contributed by atoms with Crippen molar-refractivity contribution in [3.05, 3.63) is 29.3 Å². The largest absolute Gasteiger partial charge is 0.465 e. The number of nitrogens with two attached hydrogens (primary N) is 1. The van der Waals surface area contributed by atoms with Crippen molar-refractivity contribution in [3.8, 4) is 0 Å². The molecule has 6 heteroatoms. The van der Waals surface area contributed by atoms with Gasteiger partial charge in [-0.2, -0.15) is 0 Å². The second-order valence-electron chi connectivity index (χ2n) is 4.15. The number of methoxy groups -OCH3 is 1. The Morgan fingerprint density at radius 1 is 1.42 bits per heavy atom. The third kappa shape index (κ3) is 3.64. The summed E-state index contributed by atoms with van der Waals surface area (Å²) in [5, 5.41) is 2.83. The SMILES string of the molecule is CCCC(CN)Nc1ccc(C(=O)OC)c(F)c1F. The molecule has 0 spiro atoms. The molecule has 19 heavy (non-hydrogen) atoms. The summed E-state index contributed by atoms with van der Waals surface area (Å²) in [7, 11) is 1.11. The molecule has 0 bridgehead atoms. The number of nitrogens with one attached hydrogen (secondary N) is 1. The quantitative estimate of drug-likeness (QED) is 0.780. The number of hydrogen-bond acceptors (Lipinski definition) is 4. The van der Waals surface area contributed by atoms with Crippen molar-refractivity contribution in [2.24, 2.45) is 5.73 Å². The molecule has 1 rings (SSSR count). The van der Waals surface area contributed by atoms with Crippen molar-refractivity contribution in [2.45, 2.75) is 25.8 Å². The average molecular weight is 272 g/mol. The molecule has 0 aliphatic carbocycles. The second kappa shape index (κ2) is 7.04. The Hall–Kier alpha value is -1.69. The van der Waals surface area contributed by atoms with Crippen LogP contribution in [0.25, 0.3) is 0 Å². The van der Waals surface area contributed by atoms with Gasteiger partial charge in [-0.15, -0.1) is 0 Å². The molecule has 3 N–H and O–H groups in total. The number of carbonyl (C=O) groups excluding carboxylic acids is 1. The first-order valence-electron chi connectivity index (χ1n) is 6.08. The Labute approximate surface area is 110 Å². The van der Waals surface area contributed by atoms with E-state index in [9.17, 15) is 13.6 Å². The number of benzene rings is 1.